The van der Waals surface area contributed by atoms with E-state index >= 15 is 0 Å². The number of nitrogens with one attached hydrogen (secondary N) is 3. The van der Waals surface area contributed by atoms with Crippen LogP contribution in [0.2, 0.25) is 10.0 Å². The highest BCUT2D eigenvalue weighted by atomic mass is 35.5. The molecule has 2 amide bonds. The number of ether oxygens (including phenoxy) is 1. The van der Waals surface area contributed by atoms with E-state index in [2.05, 4.69) is 35.7 Å². The van der Waals surface area contributed by atoms with E-state index in [9.17, 15) is 9.90 Å². The van der Waals surface area contributed by atoms with Gasteiger partial charge in [0.1, 0.15) is 0 Å². The molecule has 0 atom stereocenters. The number of hydrogen-bond acceptors (Lipinski definition) is 9. The number of amides is 2. The second kappa shape index (κ2) is 13.2. The number of aliphatic hydroxyl groups is 1. The van der Waals surface area contributed by atoms with Gasteiger partial charge in [0.2, 0.25) is 11.8 Å². The summed E-state index contributed by atoms with van der Waals surface area (Å²) >= 11 is 12.6. The first kappa shape index (κ1) is 29.3. The molecule has 41 heavy (non-hydrogen) atoms. The summed E-state index contributed by atoms with van der Waals surface area (Å²) in [4.78, 5) is 29.7. The molecule has 2 aliphatic rings. The van der Waals surface area contributed by atoms with Gasteiger partial charge in [0, 0.05) is 81.1 Å². The van der Waals surface area contributed by atoms with E-state index in [0.717, 1.165) is 37.3 Å². The molecule has 218 valence electrons. The van der Waals surface area contributed by atoms with Gasteiger partial charge < -0.3 is 30.7 Å². The van der Waals surface area contributed by atoms with E-state index in [0.29, 0.717) is 65.8 Å². The molecule has 0 aliphatic carbocycles. The molecule has 2 aromatic heterocycles. The fourth-order valence-electron chi connectivity index (χ4n) is 4.96. The predicted molar refractivity (Wildman–Crippen MR) is 159 cm³/mol. The largest absolute Gasteiger partial charge is 0.436 e. The second-order valence-electron chi connectivity index (χ2n) is 10.3. The van der Waals surface area contributed by atoms with Crippen LogP contribution in [0.5, 0.6) is 11.6 Å². The van der Waals surface area contributed by atoms with Crippen LogP contribution in [0.3, 0.4) is 0 Å². The Morgan fingerprint density at radius 2 is 1.73 bits per heavy atom. The summed E-state index contributed by atoms with van der Waals surface area (Å²) in [5.74, 6) is 1.55. The lowest BCUT2D eigenvalue weighted by atomic mass is 9.91. The maximum Gasteiger partial charge on any atom is 0.314 e. The van der Waals surface area contributed by atoms with Crippen molar-refractivity contribution in [1.29, 1.82) is 0 Å². The monoisotopic (exact) mass is 600 g/mol. The standard InChI is InChI=1S/C28H34Cl2N8O3/c1-31-27(39)35-18-28(40)2-6-37(7-3-28)17-19-10-24(20-12-21(29)14-22(30)13-20)36-25(11-19)41-23-15-33-26(34-16-23)38-8-4-32-5-9-38/h10-16,32,40H,2-9,17-18H2,1H3,(H2,31,35,39). The van der Waals surface area contributed by atoms with Crippen molar-refractivity contribution in [2.24, 2.45) is 0 Å². The van der Waals surface area contributed by atoms with Crippen LogP contribution in [0.1, 0.15) is 18.4 Å². The Kier molecular flexibility index (Phi) is 9.41. The first-order valence-electron chi connectivity index (χ1n) is 13.6. The summed E-state index contributed by atoms with van der Waals surface area (Å²) in [6, 6.07) is 8.90. The number of benzene rings is 1. The van der Waals surface area contributed by atoms with E-state index in [1.54, 1.807) is 25.5 Å². The van der Waals surface area contributed by atoms with E-state index in [-0.39, 0.29) is 12.6 Å². The van der Waals surface area contributed by atoms with Crippen molar-refractivity contribution >= 4 is 35.2 Å². The van der Waals surface area contributed by atoms with Crippen molar-refractivity contribution < 1.29 is 14.6 Å². The van der Waals surface area contributed by atoms with Crippen LogP contribution in [-0.4, -0.2) is 89.5 Å². The molecule has 13 heteroatoms. The number of carbonyl (C=O) groups excluding carboxylic acids is 1. The summed E-state index contributed by atoms with van der Waals surface area (Å²) in [7, 11) is 1.55. The summed E-state index contributed by atoms with van der Waals surface area (Å²) < 4.78 is 6.13. The molecule has 1 aromatic carbocycles. The topological polar surface area (TPSA) is 128 Å². The number of hydrogen-bond donors (Lipinski definition) is 4. The zero-order chi connectivity index (χ0) is 28.8. The molecule has 11 nitrogen and oxygen atoms in total. The molecule has 0 saturated carbocycles. The highest BCUT2D eigenvalue weighted by molar-refractivity contribution is 6.35. The molecule has 2 fully saturated rings. The van der Waals surface area contributed by atoms with Crippen molar-refractivity contribution in [2.75, 3.05) is 57.8 Å². The van der Waals surface area contributed by atoms with Gasteiger partial charge in [-0.1, -0.05) is 23.2 Å². The Balaban J connectivity index is 1.33. The molecule has 0 spiro atoms. The highest BCUT2D eigenvalue weighted by Crippen LogP contribution is 2.31. The van der Waals surface area contributed by atoms with Crippen LogP contribution in [0.15, 0.2) is 42.7 Å². The minimum absolute atomic E-state index is 0.211. The van der Waals surface area contributed by atoms with Crippen LogP contribution >= 0.6 is 23.2 Å². The Labute approximate surface area is 249 Å². The van der Waals surface area contributed by atoms with Crippen molar-refractivity contribution in [3.8, 4) is 22.9 Å². The Bertz CT molecular complexity index is 1330. The van der Waals surface area contributed by atoms with Gasteiger partial charge in [-0.25, -0.2) is 19.7 Å². The molecule has 0 bridgehead atoms. The number of likely N-dealkylation sites (tertiary alicyclic amines) is 1. The third kappa shape index (κ3) is 7.96. The van der Waals surface area contributed by atoms with Gasteiger partial charge in [-0.2, -0.15) is 0 Å². The first-order valence-corrected chi connectivity index (χ1v) is 14.4. The summed E-state index contributed by atoms with van der Waals surface area (Å²) in [5, 5.41) is 20.5. The fourth-order valence-corrected chi connectivity index (χ4v) is 5.48. The lowest BCUT2D eigenvalue weighted by Crippen LogP contribution is -2.51. The quantitative estimate of drug-likeness (QED) is 0.308. The van der Waals surface area contributed by atoms with Crippen LogP contribution < -0.4 is 25.6 Å². The smallest absolute Gasteiger partial charge is 0.314 e. The van der Waals surface area contributed by atoms with Crippen LogP contribution in [0, 0.1) is 0 Å². The predicted octanol–water partition coefficient (Wildman–Crippen LogP) is 3.30. The number of carbonyl (C=O) groups is 1. The van der Waals surface area contributed by atoms with Gasteiger partial charge in [0.15, 0.2) is 5.75 Å². The lowest BCUT2D eigenvalue weighted by Gasteiger charge is -2.38. The SMILES string of the molecule is CNC(=O)NCC1(O)CCN(Cc2cc(Oc3cnc(N4CCNCC4)nc3)nc(-c3cc(Cl)cc(Cl)c3)c2)CC1. The van der Waals surface area contributed by atoms with Crippen molar-refractivity contribution in [3.63, 3.8) is 0 Å². The number of pyridine rings is 1. The molecular formula is C28H34Cl2N8O3. The molecule has 0 unspecified atom stereocenters. The Morgan fingerprint density at radius 3 is 2.39 bits per heavy atom. The Morgan fingerprint density at radius 1 is 1.05 bits per heavy atom. The minimum atomic E-state index is -0.935. The molecule has 5 rings (SSSR count). The van der Waals surface area contributed by atoms with Gasteiger partial charge in [-0.15, -0.1) is 0 Å². The number of aromatic nitrogens is 3. The zero-order valence-corrected chi connectivity index (χ0v) is 24.4. The average molecular weight is 602 g/mol. The molecule has 4 N–H and O–H groups in total. The number of nitrogens with zero attached hydrogens (tertiary/aromatic N) is 5. The van der Waals surface area contributed by atoms with E-state index in [1.807, 2.05) is 24.3 Å². The van der Waals surface area contributed by atoms with Gasteiger partial charge in [-0.3, -0.25) is 4.90 Å². The third-order valence-electron chi connectivity index (χ3n) is 7.25. The number of piperazine rings is 1. The molecular weight excluding hydrogens is 567 g/mol. The van der Waals surface area contributed by atoms with Gasteiger partial charge >= 0.3 is 6.03 Å². The van der Waals surface area contributed by atoms with Crippen molar-refractivity contribution in [3.05, 3.63) is 58.3 Å². The molecule has 2 saturated heterocycles. The maximum absolute atomic E-state index is 11.6. The molecule has 0 radical (unpaired) electrons. The average Bonchev–Trinajstić information content (AvgIpc) is 2.97. The zero-order valence-electron chi connectivity index (χ0n) is 22.9. The molecule has 4 heterocycles. The van der Waals surface area contributed by atoms with Crippen molar-refractivity contribution in [1.82, 2.24) is 35.8 Å². The fraction of sp³-hybridized carbons (Fsp3) is 0.429. The summed E-state index contributed by atoms with van der Waals surface area (Å²) in [6.07, 6.45) is 4.40. The van der Waals surface area contributed by atoms with Gasteiger partial charge in [0.25, 0.3) is 0 Å². The second-order valence-corrected chi connectivity index (χ2v) is 11.2. The highest BCUT2D eigenvalue weighted by Gasteiger charge is 2.32. The van der Waals surface area contributed by atoms with Crippen molar-refractivity contribution in [2.45, 2.75) is 25.0 Å². The van der Waals surface area contributed by atoms with E-state index in [1.165, 1.54) is 0 Å². The van der Waals surface area contributed by atoms with Gasteiger partial charge in [0.05, 0.1) is 23.7 Å². The number of rotatable bonds is 8. The number of anilines is 1. The number of urea groups is 1. The summed E-state index contributed by atoms with van der Waals surface area (Å²) in [5.41, 5.74) is 1.49. The molecule has 2 aliphatic heterocycles. The lowest BCUT2D eigenvalue weighted by molar-refractivity contribution is -0.0197. The minimum Gasteiger partial charge on any atom is -0.436 e. The van der Waals surface area contributed by atoms with Crippen LogP contribution in [0.4, 0.5) is 10.7 Å². The van der Waals surface area contributed by atoms with Gasteiger partial charge in [-0.05, 0) is 42.7 Å². The normalized spacial score (nSPS) is 17.2. The third-order valence-corrected chi connectivity index (χ3v) is 7.69. The van der Waals surface area contributed by atoms with E-state index in [4.69, 9.17) is 32.9 Å². The summed E-state index contributed by atoms with van der Waals surface area (Å²) in [6.45, 7) is 5.69. The number of piperidine rings is 1. The van der Waals surface area contributed by atoms with Crippen LogP contribution in [0.25, 0.3) is 11.3 Å². The maximum atomic E-state index is 11.6. The number of halogens is 2. The molecule has 3 aromatic rings. The Hall–Kier alpha value is -3.22. The first-order chi connectivity index (χ1) is 19.8. The van der Waals surface area contributed by atoms with Crippen LogP contribution in [-0.2, 0) is 6.54 Å². The van der Waals surface area contributed by atoms with E-state index < -0.39 is 5.60 Å².